The predicted octanol–water partition coefficient (Wildman–Crippen LogP) is 0.128. The monoisotopic (exact) mass is 175 g/mol. The molecule has 1 aliphatic rings. The summed E-state index contributed by atoms with van der Waals surface area (Å²) in [5.74, 6) is 1.29. The van der Waals surface area contributed by atoms with E-state index in [0.717, 1.165) is 18.8 Å². The van der Waals surface area contributed by atoms with Gasteiger partial charge in [0.25, 0.3) is 0 Å². The van der Waals surface area contributed by atoms with Gasteiger partial charge < -0.3 is 15.8 Å². The van der Waals surface area contributed by atoms with Gasteiger partial charge in [0.2, 0.25) is 5.96 Å². The fraction of sp³-hybridized carbons (Fsp3) is 0.833. The van der Waals surface area contributed by atoms with Crippen LogP contribution in [0.2, 0.25) is 0 Å². The lowest BCUT2D eigenvalue weighted by Crippen LogP contribution is -2.44. The zero-order valence-electron chi connectivity index (χ0n) is 6.53. The van der Waals surface area contributed by atoms with E-state index in [2.05, 4.69) is 12.1 Å². The van der Waals surface area contributed by atoms with Crippen LogP contribution in [0, 0.1) is 0 Å². The van der Waals surface area contributed by atoms with Crippen molar-refractivity contribution in [3.8, 4) is 0 Å². The average Bonchev–Trinajstić information content (AvgIpc) is 2.03. The second kappa shape index (κ2) is 3.71. The van der Waals surface area contributed by atoms with Crippen molar-refractivity contribution < 1.29 is 5.21 Å². The Balaban J connectivity index is 2.46. The third kappa shape index (κ3) is 2.18. The highest BCUT2D eigenvalue weighted by Crippen LogP contribution is 2.16. The normalized spacial score (nSPS) is 27.2. The number of hydrogen-bond acceptors (Lipinski definition) is 3. The third-order valence-electron chi connectivity index (χ3n) is 1.67. The Morgan fingerprint density at radius 3 is 3.09 bits per heavy atom. The molecule has 1 atom stereocenters. The van der Waals surface area contributed by atoms with Crippen LogP contribution in [0.4, 0.5) is 0 Å². The summed E-state index contributed by atoms with van der Waals surface area (Å²) in [6.45, 7) is 3.90. The number of rotatable bonds is 0. The Kier molecular flexibility index (Phi) is 2.87. The molecule has 0 bridgehead atoms. The van der Waals surface area contributed by atoms with Crippen molar-refractivity contribution in [2.24, 2.45) is 10.9 Å². The van der Waals surface area contributed by atoms with E-state index in [1.54, 1.807) is 0 Å². The molecule has 1 saturated heterocycles. The summed E-state index contributed by atoms with van der Waals surface area (Å²) in [6, 6.07) is 0. The number of nitrogens with two attached hydrogens (primary N) is 1. The summed E-state index contributed by atoms with van der Waals surface area (Å²) in [5.41, 5.74) is 5.43. The van der Waals surface area contributed by atoms with Crippen molar-refractivity contribution in [3.63, 3.8) is 0 Å². The Morgan fingerprint density at radius 1 is 1.82 bits per heavy atom. The van der Waals surface area contributed by atoms with Gasteiger partial charge >= 0.3 is 0 Å². The maximum absolute atomic E-state index is 8.39. The summed E-state index contributed by atoms with van der Waals surface area (Å²) in [5, 5.41) is 11.9. The summed E-state index contributed by atoms with van der Waals surface area (Å²) < 4.78 is 0. The van der Waals surface area contributed by atoms with Crippen molar-refractivity contribution >= 4 is 17.7 Å². The van der Waals surface area contributed by atoms with E-state index in [1.807, 2.05) is 16.7 Å². The van der Waals surface area contributed by atoms with E-state index in [-0.39, 0.29) is 5.96 Å². The van der Waals surface area contributed by atoms with Crippen LogP contribution in [-0.2, 0) is 0 Å². The van der Waals surface area contributed by atoms with Crippen molar-refractivity contribution in [2.75, 3.05) is 18.8 Å². The molecular formula is C6H13N3OS. The van der Waals surface area contributed by atoms with Gasteiger partial charge in [0.15, 0.2) is 0 Å². The molecular weight excluding hydrogens is 162 g/mol. The first-order valence-corrected chi connectivity index (χ1v) is 4.63. The summed E-state index contributed by atoms with van der Waals surface area (Å²) in [7, 11) is 0. The van der Waals surface area contributed by atoms with Gasteiger partial charge in [-0.1, -0.05) is 12.1 Å². The number of hydrogen-bond donors (Lipinski definition) is 2. The molecule has 0 amide bonds. The Morgan fingerprint density at radius 2 is 2.55 bits per heavy atom. The Hall–Kier alpha value is -0.580. The lowest BCUT2D eigenvalue weighted by molar-refractivity contribution is 0.299. The molecule has 64 valence electrons. The lowest BCUT2D eigenvalue weighted by Gasteiger charge is -2.30. The molecule has 0 aromatic rings. The van der Waals surface area contributed by atoms with Gasteiger partial charge in [-0.3, -0.25) is 0 Å². The first-order valence-electron chi connectivity index (χ1n) is 3.58. The van der Waals surface area contributed by atoms with Gasteiger partial charge in [-0.25, -0.2) is 0 Å². The van der Waals surface area contributed by atoms with Crippen LogP contribution in [0.5, 0.6) is 0 Å². The molecule has 1 aliphatic heterocycles. The molecule has 0 spiro atoms. The summed E-state index contributed by atoms with van der Waals surface area (Å²) in [4.78, 5) is 1.89. The third-order valence-corrected chi connectivity index (χ3v) is 2.80. The van der Waals surface area contributed by atoms with Gasteiger partial charge in [0.1, 0.15) is 0 Å². The largest absolute Gasteiger partial charge is 0.408 e. The maximum atomic E-state index is 8.39. The van der Waals surface area contributed by atoms with Crippen LogP contribution < -0.4 is 5.73 Å². The van der Waals surface area contributed by atoms with Gasteiger partial charge in [-0.05, 0) is 0 Å². The molecule has 5 heteroatoms. The van der Waals surface area contributed by atoms with E-state index < -0.39 is 0 Å². The number of nitrogens with zero attached hydrogens (tertiary/aromatic N) is 2. The van der Waals surface area contributed by atoms with E-state index in [1.165, 1.54) is 0 Å². The standard InChI is InChI=1S/C6H13N3OS/c1-5-4-9(2-3-11-5)6(7)8-10/h5,10H,2-4H2,1H3,(H2,7,8). The van der Waals surface area contributed by atoms with Crippen LogP contribution in [0.15, 0.2) is 5.16 Å². The molecule has 1 fully saturated rings. The quantitative estimate of drug-likeness (QED) is 0.238. The molecule has 3 N–H and O–H groups in total. The first kappa shape index (κ1) is 8.52. The highest BCUT2D eigenvalue weighted by molar-refractivity contribution is 7.99. The molecule has 1 unspecified atom stereocenters. The van der Waals surface area contributed by atoms with Gasteiger partial charge in [0.05, 0.1) is 0 Å². The fourth-order valence-corrected chi connectivity index (χ4v) is 2.10. The van der Waals surface area contributed by atoms with Crippen molar-refractivity contribution in [1.29, 1.82) is 0 Å². The molecule has 0 aliphatic carbocycles. The second-order valence-corrected chi connectivity index (χ2v) is 4.13. The zero-order chi connectivity index (χ0) is 8.27. The highest BCUT2D eigenvalue weighted by atomic mass is 32.2. The van der Waals surface area contributed by atoms with E-state index in [0.29, 0.717) is 5.25 Å². The maximum Gasteiger partial charge on any atom is 0.233 e. The SMILES string of the molecule is CC1CN(C(N)=NO)CCS1. The van der Waals surface area contributed by atoms with Gasteiger partial charge in [-0.2, -0.15) is 11.8 Å². The smallest absolute Gasteiger partial charge is 0.233 e. The van der Waals surface area contributed by atoms with Crippen LogP contribution in [0.1, 0.15) is 6.92 Å². The fourth-order valence-electron chi connectivity index (χ4n) is 1.09. The Labute approximate surface area is 70.4 Å². The van der Waals surface area contributed by atoms with Crippen molar-refractivity contribution in [1.82, 2.24) is 4.90 Å². The number of guanidine groups is 1. The van der Waals surface area contributed by atoms with E-state index in [4.69, 9.17) is 10.9 Å². The molecule has 0 aromatic carbocycles. The van der Waals surface area contributed by atoms with E-state index in [9.17, 15) is 0 Å². The van der Waals surface area contributed by atoms with Crippen LogP contribution in [0.3, 0.4) is 0 Å². The van der Waals surface area contributed by atoms with Crippen LogP contribution >= 0.6 is 11.8 Å². The number of thioether (sulfide) groups is 1. The average molecular weight is 175 g/mol. The minimum absolute atomic E-state index is 0.233. The van der Waals surface area contributed by atoms with Crippen molar-refractivity contribution in [2.45, 2.75) is 12.2 Å². The first-order chi connectivity index (χ1) is 5.24. The molecule has 4 nitrogen and oxygen atoms in total. The van der Waals surface area contributed by atoms with Crippen LogP contribution in [0.25, 0.3) is 0 Å². The van der Waals surface area contributed by atoms with Crippen molar-refractivity contribution in [3.05, 3.63) is 0 Å². The molecule has 11 heavy (non-hydrogen) atoms. The minimum Gasteiger partial charge on any atom is -0.408 e. The Bertz CT molecular complexity index is 162. The molecule has 0 aromatic heterocycles. The van der Waals surface area contributed by atoms with E-state index >= 15 is 0 Å². The lowest BCUT2D eigenvalue weighted by atomic mass is 10.4. The number of oxime groups is 1. The molecule has 1 rings (SSSR count). The van der Waals surface area contributed by atoms with Crippen LogP contribution in [-0.4, -0.2) is 40.2 Å². The summed E-state index contributed by atoms with van der Waals surface area (Å²) in [6.07, 6.45) is 0. The van der Waals surface area contributed by atoms with Gasteiger partial charge in [-0.15, -0.1) is 0 Å². The predicted molar refractivity (Wildman–Crippen MR) is 46.9 cm³/mol. The molecule has 0 radical (unpaired) electrons. The van der Waals surface area contributed by atoms with Gasteiger partial charge in [0, 0.05) is 24.1 Å². The molecule has 1 heterocycles. The minimum atomic E-state index is 0.233. The topological polar surface area (TPSA) is 61.8 Å². The zero-order valence-corrected chi connectivity index (χ0v) is 7.34. The highest BCUT2D eigenvalue weighted by Gasteiger charge is 2.17. The summed E-state index contributed by atoms with van der Waals surface area (Å²) >= 11 is 1.92. The second-order valence-electron chi connectivity index (χ2n) is 2.59. The molecule has 0 saturated carbocycles.